The van der Waals surface area contributed by atoms with Crippen LogP contribution >= 0.6 is 0 Å². The van der Waals surface area contributed by atoms with E-state index in [2.05, 4.69) is 17.0 Å². The minimum Gasteiger partial charge on any atom is -0.484 e. The van der Waals surface area contributed by atoms with Gasteiger partial charge < -0.3 is 14.6 Å². The minimum absolute atomic E-state index is 0.0361. The van der Waals surface area contributed by atoms with Crippen LogP contribution in [-0.2, 0) is 6.54 Å². The summed E-state index contributed by atoms with van der Waals surface area (Å²) in [7, 11) is 2.02. The Bertz CT molecular complexity index is 967. The Hall–Kier alpha value is -2.89. The second-order valence-electron chi connectivity index (χ2n) is 8.03. The number of halogens is 1. The summed E-state index contributed by atoms with van der Waals surface area (Å²) in [6, 6.07) is 23.8. The number of aliphatic hydroxyl groups excluding tert-OH is 1. The van der Waals surface area contributed by atoms with E-state index in [9.17, 15) is 9.50 Å². The Labute approximate surface area is 182 Å². The third-order valence-electron chi connectivity index (χ3n) is 5.78. The lowest BCUT2D eigenvalue weighted by atomic mass is 9.88. The molecular formula is C26H28FNO3. The van der Waals surface area contributed by atoms with E-state index in [0.29, 0.717) is 17.9 Å². The molecule has 4 rings (SSSR count). The van der Waals surface area contributed by atoms with Crippen LogP contribution in [0.4, 0.5) is 4.39 Å². The summed E-state index contributed by atoms with van der Waals surface area (Å²) in [6.45, 7) is 0.748. The zero-order valence-electron chi connectivity index (χ0n) is 17.7. The maximum Gasteiger partial charge on any atom is 0.204 e. The van der Waals surface area contributed by atoms with Gasteiger partial charge in [-0.1, -0.05) is 54.6 Å². The van der Waals surface area contributed by atoms with Gasteiger partial charge in [-0.25, -0.2) is 4.39 Å². The molecule has 1 N–H and O–H groups in total. The standard InChI is InChI=1S/C26H28FNO3/c1-28(18-19-10-4-2-5-11-19)22-15-9-16-23(25(22)29)31-24-17-8-14-21(27)26(24)30-20-12-6-3-7-13-20/h2-8,10-14,17,22-23,25,29H,9,15-16,18H2,1H3/t22-,23-,25-/m1/s1. The smallest absolute Gasteiger partial charge is 0.204 e. The lowest BCUT2D eigenvalue weighted by Gasteiger charge is -2.39. The van der Waals surface area contributed by atoms with Crippen LogP contribution in [0.15, 0.2) is 78.9 Å². The molecule has 0 amide bonds. The van der Waals surface area contributed by atoms with Crippen LogP contribution < -0.4 is 9.47 Å². The highest BCUT2D eigenvalue weighted by molar-refractivity contribution is 5.44. The molecule has 0 spiro atoms. The molecule has 31 heavy (non-hydrogen) atoms. The second kappa shape index (κ2) is 9.94. The summed E-state index contributed by atoms with van der Waals surface area (Å²) in [5, 5.41) is 11.1. The first-order valence-corrected chi connectivity index (χ1v) is 10.7. The van der Waals surface area contributed by atoms with Gasteiger partial charge in [0.25, 0.3) is 0 Å². The maximum absolute atomic E-state index is 14.6. The maximum atomic E-state index is 14.6. The highest BCUT2D eigenvalue weighted by Crippen LogP contribution is 2.37. The van der Waals surface area contributed by atoms with E-state index < -0.39 is 18.0 Å². The highest BCUT2D eigenvalue weighted by Gasteiger charge is 2.36. The van der Waals surface area contributed by atoms with E-state index in [4.69, 9.17) is 9.47 Å². The van der Waals surface area contributed by atoms with E-state index in [-0.39, 0.29) is 11.8 Å². The van der Waals surface area contributed by atoms with Crippen LogP contribution in [0.25, 0.3) is 0 Å². The summed E-state index contributed by atoms with van der Waals surface area (Å²) in [5.41, 5.74) is 1.20. The van der Waals surface area contributed by atoms with Crippen LogP contribution in [-0.4, -0.2) is 35.3 Å². The van der Waals surface area contributed by atoms with Crippen LogP contribution in [0, 0.1) is 5.82 Å². The number of likely N-dealkylation sites (N-methyl/N-ethyl adjacent to an activating group) is 1. The fraction of sp³-hybridized carbons (Fsp3) is 0.308. The Balaban J connectivity index is 1.48. The van der Waals surface area contributed by atoms with E-state index in [0.717, 1.165) is 19.4 Å². The zero-order valence-corrected chi connectivity index (χ0v) is 17.7. The van der Waals surface area contributed by atoms with Crippen molar-refractivity contribution in [3.63, 3.8) is 0 Å². The van der Waals surface area contributed by atoms with Crippen LogP contribution in [0.5, 0.6) is 17.2 Å². The van der Waals surface area contributed by atoms with Crippen molar-refractivity contribution in [2.24, 2.45) is 0 Å². The van der Waals surface area contributed by atoms with Crippen molar-refractivity contribution in [2.45, 2.75) is 44.1 Å². The lowest BCUT2D eigenvalue weighted by molar-refractivity contribution is -0.0498. The fourth-order valence-corrected chi connectivity index (χ4v) is 4.17. The first-order valence-electron chi connectivity index (χ1n) is 10.7. The first kappa shape index (κ1) is 21.3. The van der Waals surface area contributed by atoms with Gasteiger partial charge in [0, 0.05) is 12.6 Å². The van der Waals surface area contributed by atoms with Gasteiger partial charge in [0.15, 0.2) is 11.6 Å². The molecule has 0 aliphatic heterocycles. The Morgan fingerprint density at radius 2 is 1.65 bits per heavy atom. The van der Waals surface area contributed by atoms with Crippen molar-refractivity contribution < 1.29 is 19.0 Å². The molecule has 3 aromatic rings. The summed E-state index contributed by atoms with van der Waals surface area (Å²) < 4.78 is 26.5. The predicted molar refractivity (Wildman–Crippen MR) is 119 cm³/mol. The molecule has 1 aliphatic carbocycles. The second-order valence-corrected chi connectivity index (χ2v) is 8.03. The van der Waals surface area contributed by atoms with Crippen LogP contribution in [0.1, 0.15) is 24.8 Å². The summed E-state index contributed by atoms with van der Waals surface area (Å²) >= 11 is 0. The molecule has 3 atom stereocenters. The largest absolute Gasteiger partial charge is 0.484 e. The lowest BCUT2D eigenvalue weighted by Crippen LogP contribution is -2.51. The van der Waals surface area contributed by atoms with Crippen LogP contribution in [0.2, 0.25) is 0 Å². The zero-order chi connectivity index (χ0) is 21.6. The molecule has 1 aliphatic rings. The van der Waals surface area contributed by atoms with E-state index >= 15 is 0 Å². The molecule has 0 aromatic heterocycles. The number of para-hydroxylation sites is 2. The predicted octanol–water partition coefficient (Wildman–Crippen LogP) is 5.41. The van der Waals surface area contributed by atoms with Gasteiger partial charge in [0.1, 0.15) is 18.0 Å². The number of hydrogen-bond donors (Lipinski definition) is 1. The molecule has 3 aromatic carbocycles. The molecule has 0 saturated heterocycles. The molecule has 4 nitrogen and oxygen atoms in total. The van der Waals surface area contributed by atoms with Gasteiger partial charge in [0.2, 0.25) is 5.75 Å². The molecule has 0 heterocycles. The van der Waals surface area contributed by atoms with Gasteiger partial charge in [-0.2, -0.15) is 0 Å². The Morgan fingerprint density at radius 1 is 0.935 bits per heavy atom. The normalized spacial score (nSPS) is 21.1. The number of rotatable bonds is 7. The molecule has 0 unspecified atom stereocenters. The average Bonchev–Trinajstić information content (AvgIpc) is 2.79. The van der Waals surface area contributed by atoms with Gasteiger partial charge >= 0.3 is 0 Å². The van der Waals surface area contributed by atoms with E-state index in [1.54, 1.807) is 24.3 Å². The number of ether oxygens (including phenoxy) is 2. The van der Waals surface area contributed by atoms with Crippen molar-refractivity contribution in [3.8, 4) is 17.2 Å². The molecule has 0 bridgehead atoms. The van der Waals surface area contributed by atoms with E-state index in [1.807, 2.05) is 43.4 Å². The Kier molecular flexibility index (Phi) is 6.85. The third-order valence-corrected chi connectivity index (χ3v) is 5.78. The monoisotopic (exact) mass is 421 g/mol. The number of aliphatic hydroxyl groups is 1. The van der Waals surface area contributed by atoms with Crippen molar-refractivity contribution >= 4 is 0 Å². The minimum atomic E-state index is -0.685. The van der Waals surface area contributed by atoms with Crippen molar-refractivity contribution in [2.75, 3.05) is 7.05 Å². The molecule has 162 valence electrons. The topological polar surface area (TPSA) is 41.9 Å². The quantitative estimate of drug-likeness (QED) is 0.554. The van der Waals surface area contributed by atoms with Crippen molar-refractivity contribution in [3.05, 3.63) is 90.2 Å². The number of nitrogens with zero attached hydrogens (tertiary/aromatic N) is 1. The SMILES string of the molecule is CN(Cc1ccccc1)[C@@H]1CCC[C@@H](Oc2cccc(F)c2Oc2ccccc2)[C@@H]1O. The summed E-state index contributed by atoms with van der Waals surface area (Å²) in [5.74, 6) is 0.381. The molecular weight excluding hydrogens is 393 g/mol. The van der Waals surface area contributed by atoms with Gasteiger partial charge in [-0.15, -0.1) is 0 Å². The van der Waals surface area contributed by atoms with Crippen LogP contribution in [0.3, 0.4) is 0 Å². The molecule has 1 saturated carbocycles. The van der Waals surface area contributed by atoms with Gasteiger partial charge in [0.05, 0.1) is 0 Å². The van der Waals surface area contributed by atoms with Gasteiger partial charge in [-0.3, -0.25) is 4.90 Å². The Morgan fingerprint density at radius 3 is 2.39 bits per heavy atom. The van der Waals surface area contributed by atoms with Crippen molar-refractivity contribution in [1.29, 1.82) is 0 Å². The van der Waals surface area contributed by atoms with Gasteiger partial charge in [-0.05, 0) is 56.1 Å². The summed E-state index contributed by atoms with van der Waals surface area (Å²) in [6.07, 6.45) is 1.40. The molecule has 5 heteroatoms. The number of benzene rings is 3. The summed E-state index contributed by atoms with van der Waals surface area (Å²) in [4.78, 5) is 2.17. The average molecular weight is 422 g/mol. The van der Waals surface area contributed by atoms with Crippen molar-refractivity contribution in [1.82, 2.24) is 4.90 Å². The van der Waals surface area contributed by atoms with E-state index in [1.165, 1.54) is 11.6 Å². The third kappa shape index (κ3) is 5.24. The molecule has 1 fully saturated rings. The fourth-order valence-electron chi connectivity index (χ4n) is 4.17. The first-order chi connectivity index (χ1) is 15.1. The number of hydrogen-bond acceptors (Lipinski definition) is 4. The molecule has 0 radical (unpaired) electrons. The highest BCUT2D eigenvalue weighted by atomic mass is 19.1.